The summed E-state index contributed by atoms with van der Waals surface area (Å²) in [6, 6.07) is 8.88. The Morgan fingerprint density at radius 2 is 1.76 bits per heavy atom. The monoisotopic (exact) mass is 484 g/mol. The van der Waals surface area contributed by atoms with E-state index in [4.69, 9.17) is 10.5 Å². The van der Waals surface area contributed by atoms with E-state index in [1.54, 1.807) is 0 Å². The number of alkyl halides is 3. The van der Waals surface area contributed by atoms with Gasteiger partial charge in [0.05, 0.1) is 11.7 Å². The summed E-state index contributed by atoms with van der Waals surface area (Å²) in [5.74, 6) is -1.75. The summed E-state index contributed by atoms with van der Waals surface area (Å²) in [6.07, 6.45) is 2.01. The Balaban J connectivity index is 0.00000408. The number of nitrogen functional groups attached to an aromatic ring is 1. The first-order valence-corrected chi connectivity index (χ1v) is 10.6. The van der Waals surface area contributed by atoms with Crippen molar-refractivity contribution in [2.45, 2.75) is 44.7 Å². The fraction of sp³-hybridized carbons (Fsp3) is 0.333. The van der Waals surface area contributed by atoms with Crippen LogP contribution in [0, 0.1) is 5.92 Å². The number of ether oxygens (including phenoxy) is 1. The maximum atomic E-state index is 13.2. The fourth-order valence-electron chi connectivity index (χ4n) is 3.78. The number of hydrogen-bond donors (Lipinski definition) is 2. The summed E-state index contributed by atoms with van der Waals surface area (Å²) < 4.78 is 45.0. The number of hydrogen-bond acceptors (Lipinski definition) is 5. The van der Waals surface area contributed by atoms with Crippen molar-refractivity contribution in [1.82, 2.24) is 5.32 Å². The van der Waals surface area contributed by atoms with E-state index >= 15 is 0 Å². The zero-order chi connectivity index (χ0) is 24.0. The Bertz CT molecular complexity index is 1030. The first kappa shape index (κ1) is 27.8. The number of nitrogens with two attached hydrogens (primary N) is 1. The summed E-state index contributed by atoms with van der Waals surface area (Å²) >= 11 is 0. The van der Waals surface area contributed by atoms with Crippen LogP contribution in [0.5, 0.6) is 11.5 Å². The number of carboxylic acids is 1. The standard InChI is InChI=1S/C24H25F3N2O4.Na/c25-24(26,27)19-14-17(28)8-11-21(19)33-18-9-5-16(6-10-18)13-20(23(31)32)29-22(30)12-7-15-3-1-2-4-15;/h5-6,8-11,13-15H,1-4,7,12,28H2,(H,29,30)(H,31,32);/q;+1/p-1/b20-13-;. The number of rotatable bonds is 8. The van der Waals surface area contributed by atoms with Crippen LogP contribution < -0.4 is 50.5 Å². The molecule has 34 heavy (non-hydrogen) atoms. The maximum Gasteiger partial charge on any atom is 1.00 e. The average Bonchev–Trinajstić information content (AvgIpc) is 3.27. The summed E-state index contributed by atoms with van der Waals surface area (Å²) in [6.45, 7) is 0. The molecule has 0 unspecified atom stereocenters. The molecule has 2 aromatic carbocycles. The van der Waals surface area contributed by atoms with Crippen molar-refractivity contribution in [2.75, 3.05) is 5.73 Å². The quantitative estimate of drug-likeness (QED) is 0.334. The van der Waals surface area contributed by atoms with E-state index in [9.17, 15) is 27.9 Å². The average molecular weight is 484 g/mol. The third-order valence-corrected chi connectivity index (χ3v) is 5.48. The van der Waals surface area contributed by atoms with E-state index in [0.29, 0.717) is 17.9 Å². The Kier molecular flexibility index (Phi) is 10.0. The predicted octanol–water partition coefficient (Wildman–Crippen LogP) is 1.26. The molecule has 1 aliphatic carbocycles. The Morgan fingerprint density at radius 1 is 1.12 bits per heavy atom. The SMILES string of the molecule is Nc1ccc(Oc2ccc(/C=C(\NC(=O)CCC3CCCC3)C(=O)[O-])cc2)c(C(F)(F)F)c1.[Na+]. The van der Waals surface area contributed by atoms with Gasteiger partial charge >= 0.3 is 35.7 Å². The minimum absolute atomic E-state index is 0. The van der Waals surface area contributed by atoms with Gasteiger partial charge in [-0.1, -0.05) is 37.8 Å². The number of aliphatic carboxylic acids is 1. The van der Waals surface area contributed by atoms with Crippen LogP contribution in [0.3, 0.4) is 0 Å². The third kappa shape index (κ3) is 8.07. The van der Waals surface area contributed by atoms with Crippen LogP contribution in [-0.2, 0) is 15.8 Å². The molecule has 0 aliphatic heterocycles. The second kappa shape index (κ2) is 12.3. The van der Waals surface area contributed by atoms with Gasteiger partial charge in [0.25, 0.3) is 0 Å². The zero-order valence-electron chi connectivity index (χ0n) is 18.8. The number of nitrogens with one attached hydrogen (secondary N) is 1. The molecule has 176 valence electrons. The van der Waals surface area contributed by atoms with Gasteiger partial charge in [0, 0.05) is 12.1 Å². The summed E-state index contributed by atoms with van der Waals surface area (Å²) in [4.78, 5) is 23.6. The minimum Gasteiger partial charge on any atom is -0.543 e. The second-order valence-electron chi connectivity index (χ2n) is 8.01. The molecule has 1 fully saturated rings. The molecule has 2 aromatic rings. The van der Waals surface area contributed by atoms with Gasteiger partial charge in [0.15, 0.2) is 0 Å². The van der Waals surface area contributed by atoms with E-state index in [0.717, 1.165) is 37.8 Å². The molecule has 3 N–H and O–H groups in total. The van der Waals surface area contributed by atoms with Crippen molar-refractivity contribution in [3.8, 4) is 11.5 Å². The van der Waals surface area contributed by atoms with Crippen molar-refractivity contribution in [3.63, 3.8) is 0 Å². The van der Waals surface area contributed by atoms with E-state index in [-0.39, 0.29) is 47.4 Å². The summed E-state index contributed by atoms with van der Waals surface area (Å²) in [5, 5.41) is 13.8. The van der Waals surface area contributed by atoms with Gasteiger partial charge in [-0.15, -0.1) is 0 Å². The Labute approximate surface area is 217 Å². The van der Waals surface area contributed by atoms with E-state index < -0.39 is 35.1 Å². The number of carboxylic acid groups (broad SMARTS) is 1. The maximum absolute atomic E-state index is 13.2. The normalized spacial score (nSPS) is 14.4. The molecule has 10 heteroatoms. The van der Waals surface area contributed by atoms with E-state index in [2.05, 4.69) is 5.32 Å². The number of amides is 1. The van der Waals surface area contributed by atoms with Crippen molar-refractivity contribution < 1.29 is 62.2 Å². The van der Waals surface area contributed by atoms with E-state index in [1.165, 1.54) is 36.4 Å². The molecule has 1 saturated carbocycles. The van der Waals surface area contributed by atoms with Crippen molar-refractivity contribution >= 4 is 23.6 Å². The summed E-state index contributed by atoms with van der Waals surface area (Å²) in [5.41, 5.74) is 4.40. The molecule has 0 heterocycles. The Morgan fingerprint density at radius 3 is 2.35 bits per heavy atom. The fourth-order valence-corrected chi connectivity index (χ4v) is 3.78. The van der Waals surface area contributed by atoms with Crippen LogP contribution in [0.25, 0.3) is 6.08 Å². The Hall–Kier alpha value is -2.49. The van der Waals surface area contributed by atoms with E-state index in [1.807, 2.05) is 0 Å². The van der Waals surface area contributed by atoms with Gasteiger partial charge in [-0.05, 0) is 54.3 Å². The number of halogens is 3. The summed E-state index contributed by atoms with van der Waals surface area (Å²) in [7, 11) is 0. The van der Waals surface area contributed by atoms with Crippen LogP contribution >= 0.6 is 0 Å². The molecule has 0 spiro atoms. The molecule has 3 rings (SSSR count). The van der Waals surface area contributed by atoms with Gasteiger partial charge in [0.2, 0.25) is 5.91 Å². The van der Waals surface area contributed by atoms with Gasteiger partial charge < -0.3 is 25.7 Å². The van der Waals surface area contributed by atoms with Gasteiger partial charge in [-0.3, -0.25) is 4.79 Å². The minimum atomic E-state index is -4.65. The number of benzene rings is 2. The molecule has 6 nitrogen and oxygen atoms in total. The van der Waals surface area contributed by atoms with Crippen molar-refractivity contribution in [3.05, 3.63) is 59.3 Å². The third-order valence-electron chi connectivity index (χ3n) is 5.48. The number of carbonyl (C=O) groups is 2. The molecule has 0 bridgehead atoms. The molecule has 0 saturated heterocycles. The molecular formula is C24H24F3N2NaO4. The van der Waals surface area contributed by atoms with Crippen LogP contribution in [0.2, 0.25) is 0 Å². The first-order valence-electron chi connectivity index (χ1n) is 10.6. The van der Waals surface area contributed by atoms with Crippen molar-refractivity contribution in [2.24, 2.45) is 5.92 Å². The van der Waals surface area contributed by atoms with Gasteiger partial charge in [0.1, 0.15) is 17.1 Å². The van der Waals surface area contributed by atoms with Crippen LogP contribution in [0.15, 0.2) is 48.2 Å². The number of anilines is 1. The van der Waals surface area contributed by atoms with Crippen LogP contribution in [-0.4, -0.2) is 11.9 Å². The predicted molar refractivity (Wildman–Crippen MR) is 115 cm³/mol. The van der Waals surface area contributed by atoms with Crippen LogP contribution in [0.4, 0.5) is 18.9 Å². The molecule has 0 aromatic heterocycles. The molecule has 0 atom stereocenters. The second-order valence-corrected chi connectivity index (χ2v) is 8.01. The molecular weight excluding hydrogens is 460 g/mol. The smallest absolute Gasteiger partial charge is 0.543 e. The molecule has 1 amide bonds. The first-order chi connectivity index (χ1) is 15.6. The zero-order valence-corrected chi connectivity index (χ0v) is 20.8. The van der Waals surface area contributed by atoms with Gasteiger partial charge in [-0.25, -0.2) is 0 Å². The van der Waals surface area contributed by atoms with Crippen LogP contribution in [0.1, 0.15) is 49.7 Å². The van der Waals surface area contributed by atoms with Crippen molar-refractivity contribution in [1.29, 1.82) is 0 Å². The van der Waals surface area contributed by atoms with Gasteiger partial charge in [-0.2, -0.15) is 13.2 Å². The largest absolute Gasteiger partial charge is 1.00 e. The molecule has 0 radical (unpaired) electrons. The number of carbonyl (C=O) groups excluding carboxylic acids is 2. The molecule has 1 aliphatic rings. The topological polar surface area (TPSA) is 104 Å².